The lowest BCUT2D eigenvalue weighted by molar-refractivity contribution is 0.102. The van der Waals surface area contributed by atoms with Crippen molar-refractivity contribution in [1.29, 1.82) is 0 Å². The van der Waals surface area contributed by atoms with Crippen LogP contribution in [0.15, 0.2) is 47.6 Å². The molecule has 3 aromatic rings. The first-order valence-corrected chi connectivity index (χ1v) is 11.5. The smallest absolute Gasteiger partial charge is 0.196 e. The lowest BCUT2D eigenvalue weighted by Gasteiger charge is -2.16. The second-order valence-corrected chi connectivity index (χ2v) is 8.96. The molecule has 1 aromatic heterocycles. The summed E-state index contributed by atoms with van der Waals surface area (Å²) in [6, 6.07) is 14.3. The van der Waals surface area contributed by atoms with Gasteiger partial charge in [-0.25, -0.2) is 0 Å². The van der Waals surface area contributed by atoms with Crippen molar-refractivity contribution in [3.05, 3.63) is 70.5 Å². The van der Waals surface area contributed by atoms with Crippen LogP contribution >= 0.6 is 11.8 Å². The van der Waals surface area contributed by atoms with E-state index in [4.69, 9.17) is 0 Å². The molecule has 1 aliphatic heterocycles. The second-order valence-electron chi connectivity index (χ2n) is 8.02. The third kappa shape index (κ3) is 4.50. The third-order valence-electron chi connectivity index (χ3n) is 5.75. The van der Waals surface area contributed by atoms with E-state index < -0.39 is 0 Å². The summed E-state index contributed by atoms with van der Waals surface area (Å²) in [6.45, 7) is 9.13. The van der Waals surface area contributed by atoms with Crippen molar-refractivity contribution in [2.75, 3.05) is 18.8 Å². The van der Waals surface area contributed by atoms with Crippen molar-refractivity contribution in [3.8, 4) is 5.69 Å². The van der Waals surface area contributed by atoms with Crippen molar-refractivity contribution in [3.63, 3.8) is 0 Å². The van der Waals surface area contributed by atoms with Crippen LogP contribution in [0.5, 0.6) is 0 Å². The lowest BCUT2D eigenvalue weighted by atomic mass is 9.99. The van der Waals surface area contributed by atoms with E-state index in [9.17, 15) is 4.79 Å². The Morgan fingerprint density at radius 2 is 1.67 bits per heavy atom. The zero-order valence-corrected chi connectivity index (χ0v) is 18.7. The van der Waals surface area contributed by atoms with Crippen molar-refractivity contribution in [1.82, 2.24) is 19.7 Å². The van der Waals surface area contributed by atoms with Gasteiger partial charge in [-0.2, -0.15) is 0 Å². The van der Waals surface area contributed by atoms with Crippen LogP contribution in [0.4, 0.5) is 0 Å². The maximum Gasteiger partial charge on any atom is 0.196 e. The van der Waals surface area contributed by atoms with Crippen LogP contribution in [0.25, 0.3) is 5.69 Å². The van der Waals surface area contributed by atoms with Gasteiger partial charge in [0.15, 0.2) is 16.8 Å². The van der Waals surface area contributed by atoms with Crippen LogP contribution in [0.3, 0.4) is 0 Å². The van der Waals surface area contributed by atoms with Gasteiger partial charge < -0.3 is 0 Å². The van der Waals surface area contributed by atoms with Crippen molar-refractivity contribution >= 4 is 17.5 Å². The SMILES string of the molecule is Cc1cc(C)c(C(=O)CSc2nnc(CN3CCCC3)n2-c2ccccc2)cc1C. The molecular weight excluding hydrogens is 392 g/mol. The first-order chi connectivity index (χ1) is 14.5. The number of hydrogen-bond donors (Lipinski definition) is 0. The monoisotopic (exact) mass is 420 g/mol. The number of ketones is 1. The maximum atomic E-state index is 12.9. The van der Waals surface area contributed by atoms with E-state index in [0.717, 1.165) is 53.0 Å². The minimum atomic E-state index is 0.129. The van der Waals surface area contributed by atoms with Crippen molar-refractivity contribution < 1.29 is 4.79 Å². The molecule has 0 amide bonds. The summed E-state index contributed by atoms with van der Waals surface area (Å²) >= 11 is 1.46. The third-order valence-corrected chi connectivity index (χ3v) is 6.68. The Hall–Kier alpha value is -2.44. The van der Waals surface area contributed by atoms with Crippen molar-refractivity contribution in [2.24, 2.45) is 0 Å². The highest BCUT2D eigenvalue weighted by atomic mass is 32.2. The molecule has 2 heterocycles. The summed E-state index contributed by atoms with van der Waals surface area (Å²) in [5.74, 6) is 1.41. The van der Waals surface area contributed by atoms with Gasteiger partial charge in [-0.1, -0.05) is 36.0 Å². The molecule has 0 spiro atoms. The highest BCUT2D eigenvalue weighted by molar-refractivity contribution is 7.99. The molecule has 1 saturated heterocycles. The molecule has 0 saturated carbocycles. The van der Waals surface area contributed by atoms with Gasteiger partial charge in [-0.15, -0.1) is 10.2 Å². The molecule has 0 bridgehead atoms. The average Bonchev–Trinajstić information content (AvgIpc) is 3.40. The minimum absolute atomic E-state index is 0.129. The molecule has 5 nitrogen and oxygen atoms in total. The largest absolute Gasteiger partial charge is 0.296 e. The van der Waals surface area contributed by atoms with Gasteiger partial charge in [-0.3, -0.25) is 14.3 Å². The number of carbonyl (C=O) groups is 1. The average molecular weight is 421 g/mol. The summed E-state index contributed by atoms with van der Waals surface area (Å²) in [6.07, 6.45) is 2.48. The fourth-order valence-corrected chi connectivity index (χ4v) is 4.80. The normalized spacial score (nSPS) is 14.4. The fraction of sp³-hybridized carbons (Fsp3) is 0.375. The Kier molecular flexibility index (Phi) is 6.35. The Morgan fingerprint density at radius 1 is 0.967 bits per heavy atom. The van der Waals surface area contributed by atoms with Crippen LogP contribution in [-0.4, -0.2) is 44.3 Å². The van der Waals surface area contributed by atoms with Crippen molar-refractivity contribution in [2.45, 2.75) is 45.3 Å². The molecule has 1 fully saturated rings. The highest BCUT2D eigenvalue weighted by Crippen LogP contribution is 2.25. The van der Waals surface area contributed by atoms with E-state index in [-0.39, 0.29) is 5.78 Å². The molecule has 0 N–H and O–H groups in total. The van der Waals surface area contributed by atoms with Crippen LogP contribution in [0.1, 0.15) is 45.7 Å². The summed E-state index contributed by atoms with van der Waals surface area (Å²) in [5.41, 5.74) is 5.23. The number of para-hydroxylation sites is 1. The fourth-order valence-electron chi connectivity index (χ4n) is 3.94. The standard InChI is InChI=1S/C24H28N4OS/c1-17-13-19(3)21(14-18(17)2)22(29)16-30-24-26-25-23(15-27-11-7-8-12-27)28(24)20-9-5-4-6-10-20/h4-6,9-10,13-14H,7-8,11-12,15-16H2,1-3H3. The number of Topliss-reactive ketones (excluding diaryl/α,β-unsaturated/α-hetero) is 1. The molecule has 0 atom stereocenters. The zero-order valence-electron chi connectivity index (χ0n) is 17.9. The molecule has 2 aromatic carbocycles. The molecule has 6 heteroatoms. The van der Waals surface area contributed by atoms with Gasteiger partial charge >= 0.3 is 0 Å². The van der Waals surface area contributed by atoms with E-state index >= 15 is 0 Å². The number of aryl methyl sites for hydroxylation is 3. The number of rotatable bonds is 7. The number of likely N-dealkylation sites (tertiary alicyclic amines) is 1. The van der Waals surface area contributed by atoms with E-state index in [1.807, 2.05) is 31.2 Å². The molecule has 156 valence electrons. The van der Waals surface area contributed by atoms with Gasteiger partial charge in [0.1, 0.15) is 0 Å². The maximum absolute atomic E-state index is 12.9. The van der Waals surface area contributed by atoms with Crippen LogP contribution in [-0.2, 0) is 6.54 Å². The van der Waals surface area contributed by atoms with Gasteiger partial charge in [0.05, 0.1) is 12.3 Å². The van der Waals surface area contributed by atoms with Crippen LogP contribution in [0.2, 0.25) is 0 Å². The number of carbonyl (C=O) groups excluding carboxylic acids is 1. The van der Waals surface area contributed by atoms with E-state index in [2.05, 4.69) is 51.7 Å². The number of nitrogens with zero attached hydrogens (tertiary/aromatic N) is 4. The Balaban J connectivity index is 1.57. The Labute approximate surface area is 182 Å². The van der Waals surface area contributed by atoms with E-state index in [0.29, 0.717) is 5.75 Å². The predicted octanol–water partition coefficient (Wildman–Crippen LogP) is 4.76. The number of thioether (sulfide) groups is 1. The van der Waals surface area contributed by atoms with Gasteiger partial charge in [-0.05, 0) is 81.6 Å². The molecule has 30 heavy (non-hydrogen) atoms. The second kappa shape index (κ2) is 9.14. The molecule has 1 aliphatic rings. The van der Waals surface area contributed by atoms with E-state index in [1.54, 1.807) is 0 Å². The Morgan fingerprint density at radius 3 is 2.40 bits per heavy atom. The first kappa shape index (κ1) is 20.8. The zero-order chi connectivity index (χ0) is 21.1. The first-order valence-electron chi connectivity index (χ1n) is 10.5. The molecule has 0 unspecified atom stereocenters. The number of aromatic nitrogens is 3. The quantitative estimate of drug-likeness (QED) is 0.407. The molecule has 0 aliphatic carbocycles. The number of benzene rings is 2. The van der Waals surface area contributed by atoms with Crippen LogP contribution < -0.4 is 0 Å². The van der Waals surface area contributed by atoms with Gasteiger partial charge in [0.2, 0.25) is 0 Å². The Bertz CT molecular complexity index is 1040. The predicted molar refractivity (Wildman–Crippen MR) is 122 cm³/mol. The lowest BCUT2D eigenvalue weighted by Crippen LogP contribution is -2.21. The molecule has 4 rings (SSSR count). The minimum Gasteiger partial charge on any atom is -0.296 e. The molecular formula is C24H28N4OS. The summed E-state index contributed by atoms with van der Waals surface area (Å²) in [4.78, 5) is 15.4. The summed E-state index contributed by atoms with van der Waals surface area (Å²) in [5, 5.41) is 9.71. The van der Waals surface area contributed by atoms with E-state index in [1.165, 1.54) is 30.2 Å². The van der Waals surface area contributed by atoms with Gasteiger partial charge in [0, 0.05) is 11.3 Å². The summed E-state index contributed by atoms with van der Waals surface area (Å²) in [7, 11) is 0. The van der Waals surface area contributed by atoms with Crippen LogP contribution in [0, 0.1) is 20.8 Å². The summed E-state index contributed by atoms with van der Waals surface area (Å²) < 4.78 is 2.10. The highest BCUT2D eigenvalue weighted by Gasteiger charge is 2.20. The molecule has 0 radical (unpaired) electrons. The van der Waals surface area contributed by atoms with Gasteiger partial charge in [0.25, 0.3) is 0 Å². The topological polar surface area (TPSA) is 51.0 Å². The number of hydrogen-bond acceptors (Lipinski definition) is 5.